The maximum Gasteiger partial charge on any atom is 0.407 e. The van der Waals surface area contributed by atoms with Crippen LogP contribution in [0.2, 0.25) is 0 Å². The predicted molar refractivity (Wildman–Crippen MR) is 84.5 cm³/mol. The Morgan fingerprint density at radius 3 is 2.23 bits per heavy atom. The van der Waals surface area contributed by atoms with E-state index >= 15 is 0 Å². The fourth-order valence-corrected chi connectivity index (χ4v) is 1.85. The molecule has 1 rings (SSSR count). The highest BCUT2D eigenvalue weighted by Gasteiger charge is 2.15. The van der Waals surface area contributed by atoms with Crippen LogP contribution in [0.15, 0.2) is 24.3 Å². The Morgan fingerprint density at radius 1 is 1.09 bits per heavy atom. The number of nitrogens with one attached hydrogen (secondary N) is 1. The van der Waals surface area contributed by atoms with Crippen LogP contribution in [0.4, 0.5) is 4.79 Å². The highest BCUT2D eigenvalue weighted by Crippen LogP contribution is 2.10. The third kappa shape index (κ3) is 7.67. The minimum Gasteiger partial charge on any atom is -0.469 e. The number of benzene rings is 1. The number of alkyl carbamates (subject to hydrolysis) is 1. The van der Waals surface area contributed by atoms with Crippen molar-refractivity contribution in [3.8, 4) is 0 Å². The van der Waals surface area contributed by atoms with Gasteiger partial charge in [-0.1, -0.05) is 24.3 Å². The zero-order valence-corrected chi connectivity index (χ0v) is 13.8. The summed E-state index contributed by atoms with van der Waals surface area (Å²) in [6.07, 6.45) is 1.60. The molecular formula is C17H25NO4. The summed E-state index contributed by atoms with van der Waals surface area (Å²) in [6, 6.07) is 7.93. The van der Waals surface area contributed by atoms with Crippen LogP contribution in [-0.4, -0.2) is 24.8 Å². The summed E-state index contributed by atoms with van der Waals surface area (Å²) >= 11 is 0. The molecule has 1 amide bonds. The van der Waals surface area contributed by atoms with Crippen LogP contribution < -0.4 is 5.32 Å². The molecule has 122 valence electrons. The van der Waals surface area contributed by atoms with Gasteiger partial charge in [0.2, 0.25) is 0 Å². The third-order valence-electron chi connectivity index (χ3n) is 2.93. The first kappa shape index (κ1) is 18.0. The van der Waals surface area contributed by atoms with Crippen LogP contribution in [0.25, 0.3) is 0 Å². The number of methoxy groups -OCH3 is 1. The van der Waals surface area contributed by atoms with Gasteiger partial charge in [-0.3, -0.25) is 4.79 Å². The lowest BCUT2D eigenvalue weighted by Gasteiger charge is -2.19. The first-order valence-corrected chi connectivity index (χ1v) is 7.41. The first-order valence-electron chi connectivity index (χ1n) is 7.41. The highest BCUT2D eigenvalue weighted by molar-refractivity contribution is 5.69. The van der Waals surface area contributed by atoms with E-state index in [1.165, 1.54) is 7.11 Å². The molecule has 1 N–H and O–H groups in total. The van der Waals surface area contributed by atoms with E-state index in [9.17, 15) is 9.59 Å². The molecule has 5 nitrogen and oxygen atoms in total. The van der Waals surface area contributed by atoms with Crippen molar-refractivity contribution in [1.82, 2.24) is 5.32 Å². The lowest BCUT2D eigenvalue weighted by atomic mass is 10.1. The number of esters is 1. The Morgan fingerprint density at radius 2 is 1.68 bits per heavy atom. The maximum atomic E-state index is 11.6. The third-order valence-corrected chi connectivity index (χ3v) is 2.93. The molecule has 0 atom stereocenters. The summed E-state index contributed by atoms with van der Waals surface area (Å²) in [4.78, 5) is 22.6. The molecule has 0 bridgehead atoms. The summed E-state index contributed by atoms with van der Waals surface area (Å²) < 4.78 is 9.78. The van der Waals surface area contributed by atoms with E-state index in [2.05, 4.69) is 10.1 Å². The summed E-state index contributed by atoms with van der Waals surface area (Å²) in [5.74, 6) is -0.182. The smallest absolute Gasteiger partial charge is 0.407 e. The average molecular weight is 307 g/mol. The number of rotatable bonds is 6. The number of carbonyl (C=O) groups is 2. The Kier molecular flexibility index (Phi) is 6.89. The van der Waals surface area contributed by atoms with Crippen molar-refractivity contribution in [2.75, 3.05) is 7.11 Å². The van der Waals surface area contributed by atoms with E-state index < -0.39 is 11.7 Å². The topological polar surface area (TPSA) is 64.6 Å². The van der Waals surface area contributed by atoms with E-state index in [1.54, 1.807) is 0 Å². The normalized spacial score (nSPS) is 10.9. The van der Waals surface area contributed by atoms with Crippen molar-refractivity contribution in [2.24, 2.45) is 0 Å². The van der Waals surface area contributed by atoms with Gasteiger partial charge < -0.3 is 14.8 Å². The molecule has 0 aliphatic carbocycles. The van der Waals surface area contributed by atoms with Crippen LogP contribution in [0, 0.1) is 0 Å². The van der Waals surface area contributed by atoms with Crippen LogP contribution >= 0.6 is 0 Å². The molecule has 1 aromatic carbocycles. The molecule has 0 aromatic heterocycles. The average Bonchev–Trinajstić information content (AvgIpc) is 2.44. The Hall–Kier alpha value is -2.04. The molecular weight excluding hydrogens is 282 g/mol. The molecule has 0 heterocycles. The molecule has 0 spiro atoms. The first-order chi connectivity index (χ1) is 10.3. The van der Waals surface area contributed by atoms with Gasteiger partial charge in [0, 0.05) is 13.0 Å². The predicted octanol–water partition coefficient (Wildman–Crippen LogP) is 3.21. The monoisotopic (exact) mass is 307 g/mol. The minimum atomic E-state index is -0.492. The van der Waals surface area contributed by atoms with Gasteiger partial charge in [-0.25, -0.2) is 4.79 Å². The van der Waals surface area contributed by atoms with Gasteiger partial charge in [-0.15, -0.1) is 0 Å². The summed E-state index contributed by atoms with van der Waals surface area (Å²) in [6.45, 7) is 5.92. The van der Waals surface area contributed by atoms with Crippen molar-refractivity contribution < 1.29 is 19.1 Å². The second-order valence-electron chi connectivity index (χ2n) is 6.10. The van der Waals surface area contributed by atoms with E-state index in [0.29, 0.717) is 13.0 Å². The molecule has 5 heteroatoms. The molecule has 1 aromatic rings. The van der Waals surface area contributed by atoms with Gasteiger partial charge >= 0.3 is 12.1 Å². The number of carbonyl (C=O) groups excluding carboxylic acids is 2. The number of ether oxygens (including phenoxy) is 2. The molecule has 22 heavy (non-hydrogen) atoms. The molecule has 0 aliphatic rings. The van der Waals surface area contributed by atoms with Crippen LogP contribution in [-0.2, 0) is 27.2 Å². The minimum absolute atomic E-state index is 0.182. The van der Waals surface area contributed by atoms with Crippen molar-refractivity contribution in [1.29, 1.82) is 0 Å². The molecule has 0 saturated carbocycles. The molecule has 0 aliphatic heterocycles. The standard InChI is InChI=1S/C17H25NO4/c1-17(2,3)22-16(20)18-12-14-10-8-13(9-11-14)6-5-7-15(19)21-4/h8-11H,5-7,12H2,1-4H3,(H,18,20). The van der Waals surface area contributed by atoms with E-state index in [4.69, 9.17) is 4.74 Å². The van der Waals surface area contributed by atoms with Crippen molar-refractivity contribution in [2.45, 2.75) is 52.2 Å². The van der Waals surface area contributed by atoms with E-state index in [1.807, 2.05) is 45.0 Å². The number of amides is 1. The zero-order valence-electron chi connectivity index (χ0n) is 13.8. The summed E-state index contributed by atoms with van der Waals surface area (Å²) in [5, 5.41) is 2.72. The quantitative estimate of drug-likeness (QED) is 0.820. The van der Waals surface area contributed by atoms with Gasteiger partial charge in [-0.2, -0.15) is 0 Å². The van der Waals surface area contributed by atoms with E-state index in [-0.39, 0.29) is 5.97 Å². The zero-order chi connectivity index (χ0) is 16.6. The van der Waals surface area contributed by atoms with Gasteiger partial charge in [0.15, 0.2) is 0 Å². The fourth-order valence-electron chi connectivity index (χ4n) is 1.85. The van der Waals surface area contributed by atoms with E-state index in [0.717, 1.165) is 24.0 Å². The fraction of sp³-hybridized carbons (Fsp3) is 0.529. The summed E-state index contributed by atoms with van der Waals surface area (Å²) in [7, 11) is 1.40. The molecule has 0 unspecified atom stereocenters. The van der Waals surface area contributed by atoms with Gasteiger partial charge in [-0.05, 0) is 44.7 Å². The Bertz CT molecular complexity index is 488. The number of hydrogen-bond acceptors (Lipinski definition) is 4. The maximum absolute atomic E-state index is 11.6. The second kappa shape index (κ2) is 8.41. The largest absolute Gasteiger partial charge is 0.469 e. The molecule has 0 radical (unpaired) electrons. The van der Waals surface area contributed by atoms with Crippen LogP contribution in [0.1, 0.15) is 44.7 Å². The molecule has 0 saturated heterocycles. The van der Waals surface area contributed by atoms with Gasteiger partial charge in [0.1, 0.15) is 5.60 Å². The van der Waals surface area contributed by atoms with Crippen LogP contribution in [0.5, 0.6) is 0 Å². The van der Waals surface area contributed by atoms with Gasteiger partial charge in [0.25, 0.3) is 0 Å². The molecule has 0 fully saturated rings. The number of aryl methyl sites for hydroxylation is 1. The lowest BCUT2D eigenvalue weighted by Crippen LogP contribution is -2.32. The highest BCUT2D eigenvalue weighted by atomic mass is 16.6. The van der Waals surface area contributed by atoms with Crippen molar-refractivity contribution in [3.63, 3.8) is 0 Å². The second-order valence-corrected chi connectivity index (χ2v) is 6.10. The van der Waals surface area contributed by atoms with Gasteiger partial charge in [0.05, 0.1) is 7.11 Å². The van der Waals surface area contributed by atoms with Crippen molar-refractivity contribution in [3.05, 3.63) is 35.4 Å². The number of hydrogen-bond donors (Lipinski definition) is 1. The summed E-state index contributed by atoms with van der Waals surface area (Å²) in [5.41, 5.74) is 1.67. The SMILES string of the molecule is COC(=O)CCCc1ccc(CNC(=O)OC(C)(C)C)cc1. The lowest BCUT2D eigenvalue weighted by molar-refractivity contribution is -0.140. The van der Waals surface area contributed by atoms with Crippen LogP contribution in [0.3, 0.4) is 0 Å². The van der Waals surface area contributed by atoms with Crippen molar-refractivity contribution >= 4 is 12.1 Å². The Labute approximate surface area is 132 Å². The Balaban J connectivity index is 2.35.